The van der Waals surface area contributed by atoms with Gasteiger partial charge in [0.25, 0.3) is 0 Å². The van der Waals surface area contributed by atoms with Gasteiger partial charge in [0, 0.05) is 12.8 Å². The molecule has 1 atom stereocenters. The summed E-state index contributed by atoms with van der Waals surface area (Å²) in [7, 11) is 1.67. The summed E-state index contributed by atoms with van der Waals surface area (Å²) in [4.78, 5) is 0. The summed E-state index contributed by atoms with van der Waals surface area (Å²) in [5.74, 6) is 0.398. The van der Waals surface area contributed by atoms with E-state index in [-0.39, 0.29) is 5.38 Å². The molecular formula is C12H14ClN3O2. The van der Waals surface area contributed by atoms with Crippen LogP contribution in [0.15, 0.2) is 28.7 Å². The summed E-state index contributed by atoms with van der Waals surface area (Å²) >= 11 is 5.84. The van der Waals surface area contributed by atoms with Crippen molar-refractivity contribution in [2.45, 2.75) is 18.9 Å². The van der Waals surface area contributed by atoms with Gasteiger partial charge in [0.2, 0.25) is 5.89 Å². The Balaban J connectivity index is 2.03. The maximum atomic E-state index is 5.84. The van der Waals surface area contributed by atoms with Crippen LogP contribution in [-0.4, -0.2) is 17.3 Å². The van der Waals surface area contributed by atoms with Crippen LogP contribution in [0, 0.1) is 0 Å². The number of benzene rings is 1. The highest BCUT2D eigenvalue weighted by Crippen LogP contribution is 2.21. The lowest BCUT2D eigenvalue weighted by molar-refractivity contribution is 0.185. The number of alkyl halides is 1. The topological polar surface area (TPSA) is 60.2 Å². The molecule has 1 unspecified atom stereocenters. The minimum atomic E-state index is -0.294. The first-order chi connectivity index (χ1) is 8.69. The van der Waals surface area contributed by atoms with Gasteiger partial charge in [-0.3, -0.25) is 0 Å². The Labute approximate surface area is 110 Å². The molecule has 0 radical (unpaired) electrons. The Bertz CT molecular complexity index is 496. The van der Waals surface area contributed by atoms with Gasteiger partial charge in [-0.1, -0.05) is 17.2 Å². The van der Waals surface area contributed by atoms with Gasteiger partial charge in [-0.15, -0.1) is 16.7 Å². The van der Waals surface area contributed by atoms with Crippen LogP contribution in [0.4, 0.5) is 11.7 Å². The largest absolute Gasteiger partial charge is 0.406 e. The number of nitrogens with one attached hydrogen (secondary N) is 1. The molecule has 0 aliphatic rings. The quantitative estimate of drug-likeness (QED) is 0.843. The number of hydrogen-bond acceptors (Lipinski definition) is 5. The minimum absolute atomic E-state index is 0.294. The second-order valence-electron chi connectivity index (χ2n) is 3.82. The molecule has 2 rings (SSSR count). The van der Waals surface area contributed by atoms with Crippen LogP contribution in [0.3, 0.4) is 0 Å². The van der Waals surface area contributed by atoms with Gasteiger partial charge in [-0.25, -0.2) is 0 Å². The van der Waals surface area contributed by atoms with Crippen molar-refractivity contribution in [3.63, 3.8) is 0 Å². The highest BCUT2D eigenvalue weighted by molar-refractivity contribution is 6.20. The summed E-state index contributed by atoms with van der Waals surface area (Å²) in [6.07, 6.45) is 0. The van der Waals surface area contributed by atoms with Crippen LogP contribution in [-0.2, 0) is 11.3 Å². The van der Waals surface area contributed by atoms with Gasteiger partial charge in [0.05, 0.1) is 6.61 Å². The summed E-state index contributed by atoms with van der Waals surface area (Å²) in [6, 6.07) is 8.10. The third-order valence-corrected chi connectivity index (χ3v) is 2.48. The molecule has 2 aromatic rings. The first-order valence-electron chi connectivity index (χ1n) is 5.51. The Hall–Kier alpha value is -1.59. The lowest BCUT2D eigenvalue weighted by atomic mass is 10.2. The van der Waals surface area contributed by atoms with Crippen molar-refractivity contribution in [3.05, 3.63) is 35.7 Å². The Morgan fingerprint density at radius 3 is 2.61 bits per heavy atom. The summed E-state index contributed by atoms with van der Waals surface area (Å²) < 4.78 is 10.4. The molecule has 0 aliphatic carbocycles. The lowest BCUT2D eigenvalue weighted by Crippen LogP contribution is -1.92. The second-order valence-corrected chi connectivity index (χ2v) is 4.47. The summed E-state index contributed by atoms with van der Waals surface area (Å²) in [5, 5.41) is 10.4. The lowest BCUT2D eigenvalue weighted by Gasteiger charge is -2.03. The second kappa shape index (κ2) is 5.84. The van der Waals surface area contributed by atoms with Crippen molar-refractivity contribution in [2.75, 3.05) is 12.4 Å². The molecule has 1 heterocycles. The zero-order valence-corrected chi connectivity index (χ0v) is 10.9. The summed E-state index contributed by atoms with van der Waals surface area (Å²) in [5.41, 5.74) is 1.97. The van der Waals surface area contributed by atoms with E-state index in [1.165, 1.54) is 0 Å². The molecule has 0 amide bonds. The molecule has 0 saturated heterocycles. The number of anilines is 2. The highest BCUT2D eigenvalue weighted by atomic mass is 35.5. The maximum Gasteiger partial charge on any atom is 0.320 e. The predicted molar refractivity (Wildman–Crippen MR) is 69.0 cm³/mol. The number of aromatic nitrogens is 2. The minimum Gasteiger partial charge on any atom is -0.406 e. The zero-order valence-electron chi connectivity index (χ0n) is 10.2. The Morgan fingerprint density at radius 1 is 1.33 bits per heavy atom. The fraction of sp³-hybridized carbons (Fsp3) is 0.333. The number of rotatable bonds is 5. The van der Waals surface area contributed by atoms with Gasteiger partial charge in [0.15, 0.2) is 0 Å². The average molecular weight is 268 g/mol. The molecule has 1 aromatic carbocycles. The normalized spacial score (nSPS) is 12.4. The van der Waals surface area contributed by atoms with E-state index < -0.39 is 0 Å². The van der Waals surface area contributed by atoms with Gasteiger partial charge in [-0.2, -0.15) is 0 Å². The number of hydrogen-bond donors (Lipinski definition) is 1. The first-order valence-corrected chi connectivity index (χ1v) is 5.95. The molecule has 1 N–H and O–H groups in total. The zero-order chi connectivity index (χ0) is 13.0. The van der Waals surface area contributed by atoms with Gasteiger partial charge in [0.1, 0.15) is 5.38 Å². The SMILES string of the molecule is COCc1ccc(Nc2nnc(C(C)Cl)o2)cc1. The van der Waals surface area contributed by atoms with Crippen molar-refractivity contribution >= 4 is 23.3 Å². The molecule has 1 aromatic heterocycles. The Morgan fingerprint density at radius 2 is 2.06 bits per heavy atom. The molecule has 0 saturated carbocycles. The van der Waals surface area contributed by atoms with Crippen molar-refractivity contribution in [3.8, 4) is 0 Å². The van der Waals surface area contributed by atoms with Crippen LogP contribution < -0.4 is 5.32 Å². The van der Waals surface area contributed by atoms with Crippen molar-refractivity contribution in [2.24, 2.45) is 0 Å². The third kappa shape index (κ3) is 3.21. The van der Waals surface area contributed by atoms with E-state index in [4.69, 9.17) is 20.8 Å². The molecule has 0 fully saturated rings. The third-order valence-electron chi connectivity index (χ3n) is 2.30. The van der Waals surface area contributed by atoms with E-state index in [1.807, 2.05) is 24.3 Å². The highest BCUT2D eigenvalue weighted by Gasteiger charge is 2.10. The van der Waals surface area contributed by atoms with Gasteiger partial charge < -0.3 is 14.5 Å². The van der Waals surface area contributed by atoms with Crippen molar-refractivity contribution in [1.29, 1.82) is 0 Å². The molecule has 18 heavy (non-hydrogen) atoms. The average Bonchev–Trinajstić information content (AvgIpc) is 2.81. The molecule has 0 bridgehead atoms. The van der Waals surface area contributed by atoms with E-state index in [2.05, 4.69) is 15.5 Å². The van der Waals surface area contributed by atoms with Crippen LogP contribution >= 0.6 is 11.6 Å². The van der Waals surface area contributed by atoms with E-state index in [0.717, 1.165) is 11.3 Å². The van der Waals surface area contributed by atoms with E-state index in [1.54, 1.807) is 14.0 Å². The smallest absolute Gasteiger partial charge is 0.320 e. The fourth-order valence-corrected chi connectivity index (χ4v) is 1.51. The molecule has 0 aliphatic heterocycles. The van der Waals surface area contributed by atoms with E-state index >= 15 is 0 Å². The first kappa shape index (κ1) is 12.9. The maximum absolute atomic E-state index is 5.84. The standard InChI is InChI=1S/C12H14ClN3O2/c1-8(13)11-15-16-12(18-11)14-10-5-3-9(4-6-10)7-17-2/h3-6,8H,7H2,1-2H3,(H,14,16). The molecule has 0 spiro atoms. The predicted octanol–water partition coefficient (Wildman–Crippen LogP) is 3.26. The van der Waals surface area contributed by atoms with Gasteiger partial charge >= 0.3 is 6.01 Å². The van der Waals surface area contributed by atoms with Crippen LogP contribution in [0.5, 0.6) is 0 Å². The number of nitrogens with zero attached hydrogens (tertiary/aromatic N) is 2. The number of methoxy groups -OCH3 is 1. The number of ether oxygens (including phenoxy) is 1. The molecule has 5 nitrogen and oxygen atoms in total. The van der Waals surface area contributed by atoms with Crippen molar-refractivity contribution in [1.82, 2.24) is 10.2 Å². The molecule has 6 heteroatoms. The number of halogens is 1. The molecular weight excluding hydrogens is 254 g/mol. The molecule has 96 valence electrons. The van der Waals surface area contributed by atoms with E-state index in [0.29, 0.717) is 18.5 Å². The van der Waals surface area contributed by atoms with Crippen LogP contribution in [0.25, 0.3) is 0 Å². The van der Waals surface area contributed by atoms with Gasteiger partial charge in [-0.05, 0) is 24.6 Å². The van der Waals surface area contributed by atoms with Crippen LogP contribution in [0.1, 0.15) is 23.8 Å². The van der Waals surface area contributed by atoms with Crippen molar-refractivity contribution < 1.29 is 9.15 Å². The Kier molecular flexibility index (Phi) is 4.17. The van der Waals surface area contributed by atoms with Crippen LogP contribution in [0.2, 0.25) is 0 Å². The van der Waals surface area contributed by atoms with E-state index in [9.17, 15) is 0 Å². The fourth-order valence-electron chi connectivity index (χ4n) is 1.42. The monoisotopic (exact) mass is 267 g/mol. The summed E-state index contributed by atoms with van der Waals surface area (Å²) in [6.45, 7) is 2.37.